The summed E-state index contributed by atoms with van der Waals surface area (Å²) in [5.41, 5.74) is 7.99. The summed E-state index contributed by atoms with van der Waals surface area (Å²) in [7, 11) is 0. The summed E-state index contributed by atoms with van der Waals surface area (Å²) in [6, 6.07) is 17.1. The number of para-hydroxylation sites is 1. The van der Waals surface area contributed by atoms with E-state index in [9.17, 15) is 0 Å². The van der Waals surface area contributed by atoms with Crippen LogP contribution in [-0.4, -0.2) is 0 Å². The van der Waals surface area contributed by atoms with Gasteiger partial charge in [0.05, 0.1) is 6.04 Å². The normalized spacial score (nSPS) is 12.1. The minimum Gasteiger partial charge on any atom is -0.459 e. The van der Waals surface area contributed by atoms with Gasteiger partial charge in [0.25, 0.3) is 0 Å². The molecule has 2 N–H and O–H groups in total. The van der Waals surface area contributed by atoms with E-state index in [0.29, 0.717) is 5.02 Å². The lowest BCUT2D eigenvalue weighted by Gasteiger charge is -2.08. The number of hydrogen-bond donors (Lipinski definition) is 1. The van der Waals surface area contributed by atoms with E-state index in [2.05, 4.69) is 0 Å². The van der Waals surface area contributed by atoms with Gasteiger partial charge in [0.1, 0.15) is 11.3 Å². The molecular formula is C15H13Cl2NO. The minimum absolute atomic E-state index is 0. The van der Waals surface area contributed by atoms with Crippen LogP contribution < -0.4 is 5.73 Å². The van der Waals surface area contributed by atoms with Crippen LogP contribution in [0.2, 0.25) is 5.02 Å². The standard InChI is InChI=1S/C15H12ClNO.ClH/c16-12-6-3-5-11(8-12)15(17)14-9-10-4-1-2-7-13(10)18-14;/h1-9,15H,17H2;1H. The van der Waals surface area contributed by atoms with Crippen LogP contribution in [0.5, 0.6) is 0 Å². The van der Waals surface area contributed by atoms with Crippen LogP contribution in [0.25, 0.3) is 11.0 Å². The summed E-state index contributed by atoms with van der Waals surface area (Å²) in [5.74, 6) is 0.749. The van der Waals surface area contributed by atoms with Crippen LogP contribution in [-0.2, 0) is 0 Å². The van der Waals surface area contributed by atoms with Crippen molar-refractivity contribution in [3.8, 4) is 0 Å². The monoisotopic (exact) mass is 293 g/mol. The van der Waals surface area contributed by atoms with Crippen molar-refractivity contribution in [1.82, 2.24) is 0 Å². The predicted molar refractivity (Wildman–Crippen MR) is 80.9 cm³/mol. The maximum atomic E-state index is 6.20. The minimum atomic E-state index is -0.295. The third-order valence-electron chi connectivity index (χ3n) is 2.96. The molecular weight excluding hydrogens is 281 g/mol. The molecule has 3 aromatic rings. The van der Waals surface area contributed by atoms with E-state index in [1.807, 2.05) is 54.6 Å². The van der Waals surface area contributed by atoms with Gasteiger partial charge in [0, 0.05) is 10.4 Å². The lowest BCUT2D eigenvalue weighted by Crippen LogP contribution is -2.10. The first-order valence-corrected chi connectivity index (χ1v) is 6.11. The highest BCUT2D eigenvalue weighted by Crippen LogP contribution is 2.27. The van der Waals surface area contributed by atoms with E-state index in [1.54, 1.807) is 0 Å². The van der Waals surface area contributed by atoms with Gasteiger partial charge in [-0.2, -0.15) is 0 Å². The molecule has 1 atom stereocenters. The number of halogens is 2. The topological polar surface area (TPSA) is 39.2 Å². The first-order chi connectivity index (χ1) is 8.74. The zero-order chi connectivity index (χ0) is 12.5. The van der Waals surface area contributed by atoms with E-state index in [-0.39, 0.29) is 18.4 Å². The number of nitrogens with two attached hydrogens (primary N) is 1. The van der Waals surface area contributed by atoms with Crippen molar-refractivity contribution in [2.24, 2.45) is 5.73 Å². The SMILES string of the molecule is Cl.NC(c1cccc(Cl)c1)c1cc2ccccc2o1. The molecule has 0 aliphatic carbocycles. The zero-order valence-corrected chi connectivity index (χ0v) is 11.6. The molecule has 4 heteroatoms. The molecule has 0 saturated heterocycles. The van der Waals surface area contributed by atoms with Crippen LogP contribution in [0.1, 0.15) is 17.4 Å². The van der Waals surface area contributed by atoms with Gasteiger partial charge >= 0.3 is 0 Å². The van der Waals surface area contributed by atoms with Crippen molar-refractivity contribution in [3.05, 3.63) is 70.9 Å². The van der Waals surface area contributed by atoms with Crippen molar-refractivity contribution in [2.75, 3.05) is 0 Å². The predicted octanol–water partition coefficient (Wildman–Crippen LogP) is 4.56. The molecule has 0 saturated carbocycles. The van der Waals surface area contributed by atoms with Gasteiger partial charge in [-0.05, 0) is 29.8 Å². The van der Waals surface area contributed by atoms with Crippen LogP contribution in [0, 0.1) is 0 Å². The lowest BCUT2D eigenvalue weighted by molar-refractivity contribution is 0.525. The quantitative estimate of drug-likeness (QED) is 0.752. The second-order valence-corrected chi connectivity index (χ2v) is 4.66. The number of benzene rings is 2. The van der Waals surface area contributed by atoms with E-state index in [1.165, 1.54) is 0 Å². The molecule has 0 aliphatic rings. The highest BCUT2D eigenvalue weighted by atomic mass is 35.5. The Morgan fingerprint density at radius 2 is 1.79 bits per heavy atom. The molecule has 2 nitrogen and oxygen atoms in total. The summed E-state index contributed by atoms with van der Waals surface area (Å²) in [4.78, 5) is 0. The fraction of sp³-hybridized carbons (Fsp3) is 0.0667. The Hall–Kier alpha value is -1.48. The summed E-state index contributed by atoms with van der Waals surface area (Å²) in [6.45, 7) is 0. The Morgan fingerprint density at radius 3 is 2.53 bits per heavy atom. The summed E-state index contributed by atoms with van der Waals surface area (Å²) < 4.78 is 5.76. The van der Waals surface area contributed by atoms with Gasteiger partial charge in [-0.1, -0.05) is 41.9 Å². The van der Waals surface area contributed by atoms with E-state index in [0.717, 1.165) is 22.3 Å². The van der Waals surface area contributed by atoms with Crippen LogP contribution in [0.3, 0.4) is 0 Å². The number of rotatable bonds is 2. The molecule has 0 bridgehead atoms. The largest absolute Gasteiger partial charge is 0.459 e. The molecule has 3 rings (SSSR count). The third-order valence-corrected chi connectivity index (χ3v) is 3.19. The molecule has 19 heavy (non-hydrogen) atoms. The van der Waals surface area contributed by atoms with Gasteiger partial charge < -0.3 is 10.2 Å². The average Bonchev–Trinajstić information content (AvgIpc) is 2.81. The number of furan rings is 1. The molecule has 1 aromatic heterocycles. The van der Waals surface area contributed by atoms with Gasteiger partial charge in [-0.15, -0.1) is 12.4 Å². The summed E-state index contributed by atoms with van der Waals surface area (Å²) in [6.07, 6.45) is 0. The van der Waals surface area contributed by atoms with Crippen LogP contribution in [0.4, 0.5) is 0 Å². The third kappa shape index (κ3) is 2.76. The first-order valence-electron chi connectivity index (χ1n) is 5.73. The summed E-state index contributed by atoms with van der Waals surface area (Å²) >= 11 is 5.97. The highest BCUT2D eigenvalue weighted by molar-refractivity contribution is 6.30. The van der Waals surface area contributed by atoms with Gasteiger partial charge in [-0.25, -0.2) is 0 Å². The van der Waals surface area contributed by atoms with Gasteiger partial charge in [0.15, 0.2) is 0 Å². The average molecular weight is 294 g/mol. The van der Waals surface area contributed by atoms with Crippen LogP contribution >= 0.6 is 24.0 Å². The maximum Gasteiger partial charge on any atom is 0.134 e. The maximum absolute atomic E-state index is 6.20. The molecule has 2 aromatic carbocycles. The fourth-order valence-electron chi connectivity index (χ4n) is 2.02. The van der Waals surface area contributed by atoms with Gasteiger partial charge in [0.2, 0.25) is 0 Å². The van der Waals surface area contributed by atoms with Crippen molar-refractivity contribution < 1.29 is 4.42 Å². The Morgan fingerprint density at radius 1 is 1.00 bits per heavy atom. The molecule has 0 spiro atoms. The zero-order valence-electron chi connectivity index (χ0n) is 10.0. The van der Waals surface area contributed by atoms with E-state index in [4.69, 9.17) is 21.8 Å². The Labute approximate surface area is 122 Å². The molecule has 1 heterocycles. The molecule has 0 aliphatic heterocycles. The molecule has 0 fully saturated rings. The molecule has 0 amide bonds. The van der Waals surface area contributed by atoms with Crippen molar-refractivity contribution in [2.45, 2.75) is 6.04 Å². The number of hydrogen-bond acceptors (Lipinski definition) is 2. The van der Waals surface area contributed by atoms with Gasteiger partial charge in [-0.3, -0.25) is 0 Å². The molecule has 0 radical (unpaired) electrons. The second kappa shape index (κ2) is 5.66. The second-order valence-electron chi connectivity index (χ2n) is 4.22. The highest BCUT2D eigenvalue weighted by Gasteiger charge is 2.14. The van der Waals surface area contributed by atoms with Crippen molar-refractivity contribution in [3.63, 3.8) is 0 Å². The molecule has 98 valence electrons. The Balaban J connectivity index is 0.00000133. The number of fused-ring (bicyclic) bond motifs is 1. The first kappa shape index (κ1) is 13.9. The fourth-order valence-corrected chi connectivity index (χ4v) is 2.22. The van der Waals surface area contributed by atoms with Crippen molar-refractivity contribution >= 4 is 35.0 Å². The molecule has 1 unspecified atom stereocenters. The Kier molecular flexibility index (Phi) is 4.15. The Bertz CT molecular complexity index is 660. The lowest BCUT2D eigenvalue weighted by atomic mass is 10.1. The smallest absolute Gasteiger partial charge is 0.134 e. The summed E-state index contributed by atoms with van der Waals surface area (Å²) in [5, 5.41) is 1.74. The van der Waals surface area contributed by atoms with E-state index >= 15 is 0 Å². The van der Waals surface area contributed by atoms with E-state index < -0.39 is 0 Å². The van der Waals surface area contributed by atoms with Crippen LogP contribution in [0.15, 0.2) is 59.0 Å². The van der Waals surface area contributed by atoms with Crippen molar-refractivity contribution in [1.29, 1.82) is 0 Å².